The third-order valence-electron chi connectivity index (χ3n) is 1.81. The van der Waals surface area contributed by atoms with Crippen LogP contribution in [0.2, 0.25) is 0 Å². The summed E-state index contributed by atoms with van der Waals surface area (Å²) in [5, 5.41) is 12.1. The van der Waals surface area contributed by atoms with Crippen molar-refractivity contribution in [1.82, 2.24) is 5.16 Å². The highest BCUT2D eigenvalue weighted by atomic mass is 16.5. The van der Waals surface area contributed by atoms with Gasteiger partial charge in [0.25, 0.3) is 0 Å². The SMILES string of the molecule is CCCc1cnoc1CCC(=O)O. The van der Waals surface area contributed by atoms with Crippen LogP contribution in [-0.2, 0) is 17.6 Å². The molecule has 0 unspecified atom stereocenters. The van der Waals surface area contributed by atoms with Crippen molar-refractivity contribution in [3.63, 3.8) is 0 Å². The minimum absolute atomic E-state index is 0.103. The fraction of sp³-hybridized carbons (Fsp3) is 0.556. The third-order valence-corrected chi connectivity index (χ3v) is 1.81. The molecule has 0 aromatic carbocycles. The molecule has 1 heterocycles. The first-order valence-corrected chi connectivity index (χ1v) is 4.38. The zero-order valence-corrected chi connectivity index (χ0v) is 7.62. The van der Waals surface area contributed by atoms with Crippen LogP contribution in [0.15, 0.2) is 10.7 Å². The second-order valence-corrected chi connectivity index (χ2v) is 2.92. The number of aryl methyl sites for hydroxylation is 2. The molecular formula is C9H13NO3. The standard InChI is InChI=1S/C9H13NO3/c1-2-3-7-6-10-13-8(7)4-5-9(11)12/h6H,2-5H2,1H3,(H,11,12). The molecule has 0 aliphatic heterocycles. The number of aliphatic carboxylic acids is 1. The van der Waals surface area contributed by atoms with Crippen LogP contribution in [-0.4, -0.2) is 16.2 Å². The molecule has 0 fully saturated rings. The summed E-state index contributed by atoms with van der Waals surface area (Å²) in [5.74, 6) is -0.0944. The van der Waals surface area contributed by atoms with E-state index in [2.05, 4.69) is 12.1 Å². The van der Waals surface area contributed by atoms with Gasteiger partial charge in [0.1, 0.15) is 5.76 Å². The van der Waals surface area contributed by atoms with Crippen LogP contribution in [0.5, 0.6) is 0 Å². The zero-order valence-electron chi connectivity index (χ0n) is 7.62. The minimum Gasteiger partial charge on any atom is -0.481 e. The molecule has 72 valence electrons. The molecule has 1 rings (SSSR count). The topological polar surface area (TPSA) is 63.3 Å². The average molecular weight is 183 g/mol. The van der Waals surface area contributed by atoms with E-state index in [-0.39, 0.29) is 6.42 Å². The van der Waals surface area contributed by atoms with E-state index in [0.717, 1.165) is 18.4 Å². The highest BCUT2D eigenvalue weighted by molar-refractivity contribution is 5.66. The van der Waals surface area contributed by atoms with Gasteiger partial charge in [-0.3, -0.25) is 4.79 Å². The lowest BCUT2D eigenvalue weighted by atomic mass is 10.1. The highest BCUT2D eigenvalue weighted by Crippen LogP contribution is 2.12. The van der Waals surface area contributed by atoms with Crippen LogP contribution in [0.3, 0.4) is 0 Å². The molecule has 0 saturated carbocycles. The average Bonchev–Trinajstić information content (AvgIpc) is 2.49. The molecule has 13 heavy (non-hydrogen) atoms. The number of nitrogens with zero attached hydrogens (tertiary/aromatic N) is 1. The number of carboxylic acids is 1. The molecule has 0 bridgehead atoms. The Kier molecular flexibility index (Phi) is 3.49. The summed E-state index contributed by atoms with van der Waals surface area (Å²) in [6.45, 7) is 2.06. The van der Waals surface area contributed by atoms with Gasteiger partial charge >= 0.3 is 5.97 Å². The van der Waals surface area contributed by atoms with E-state index < -0.39 is 5.97 Å². The van der Waals surface area contributed by atoms with Crippen molar-refractivity contribution in [1.29, 1.82) is 0 Å². The fourth-order valence-electron chi connectivity index (χ4n) is 1.18. The summed E-state index contributed by atoms with van der Waals surface area (Å²) in [4.78, 5) is 10.3. The van der Waals surface area contributed by atoms with E-state index in [1.807, 2.05) is 0 Å². The quantitative estimate of drug-likeness (QED) is 0.753. The molecule has 0 saturated heterocycles. The Morgan fingerprint density at radius 3 is 3.00 bits per heavy atom. The number of carbonyl (C=O) groups is 1. The van der Waals surface area contributed by atoms with Gasteiger partial charge in [-0.2, -0.15) is 0 Å². The number of hydrogen-bond donors (Lipinski definition) is 1. The van der Waals surface area contributed by atoms with Crippen LogP contribution >= 0.6 is 0 Å². The molecule has 0 amide bonds. The maximum atomic E-state index is 10.3. The molecule has 0 spiro atoms. The van der Waals surface area contributed by atoms with Crippen LogP contribution in [0.4, 0.5) is 0 Å². The first-order valence-electron chi connectivity index (χ1n) is 4.38. The molecule has 1 aromatic heterocycles. The Hall–Kier alpha value is -1.32. The van der Waals surface area contributed by atoms with Crippen molar-refractivity contribution in [2.75, 3.05) is 0 Å². The van der Waals surface area contributed by atoms with E-state index in [0.29, 0.717) is 12.2 Å². The fourth-order valence-corrected chi connectivity index (χ4v) is 1.18. The summed E-state index contributed by atoms with van der Waals surface area (Å²) in [7, 11) is 0. The predicted octanol–water partition coefficient (Wildman–Crippen LogP) is 1.64. The number of hydrogen-bond acceptors (Lipinski definition) is 3. The third kappa shape index (κ3) is 2.89. The maximum absolute atomic E-state index is 10.3. The number of carboxylic acid groups (broad SMARTS) is 1. The Balaban J connectivity index is 2.54. The smallest absolute Gasteiger partial charge is 0.303 e. The largest absolute Gasteiger partial charge is 0.481 e. The second-order valence-electron chi connectivity index (χ2n) is 2.92. The number of rotatable bonds is 5. The monoisotopic (exact) mass is 183 g/mol. The zero-order chi connectivity index (χ0) is 9.68. The normalized spacial score (nSPS) is 10.2. The Bertz CT molecular complexity index is 280. The van der Waals surface area contributed by atoms with Gasteiger partial charge in [-0.15, -0.1) is 0 Å². The van der Waals surface area contributed by atoms with Crippen LogP contribution in [0, 0.1) is 0 Å². The van der Waals surface area contributed by atoms with E-state index in [4.69, 9.17) is 9.63 Å². The maximum Gasteiger partial charge on any atom is 0.303 e. The Morgan fingerprint density at radius 1 is 1.62 bits per heavy atom. The molecule has 1 N–H and O–H groups in total. The van der Waals surface area contributed by atoms with Gasteiger partial charge in [0, 0.05) is 12.0 Å². The van der Waals surface area contributed by atoms with Crippen molar-refractivity contribution in [2.45, 2.75) is 32.6 Å². The summed E-state index contributed by atoms with van der Waals surface area (Å²) in [6, 6.07) is 0. The van der Waals surface area contributed by atoms with Crippen LogP contribution in [0.25, 0.3) is 0 Å². The number of aromatic nitrogens is 1. The molecular weight excluding hydrogens is 170 g/mol. The molecule has 0 aliphatic rings. The van der Waals surface area contributed by atoms with Gasteiger partial charge < -0.3 is 9.63 Å². The summed E-state index contributed by atoms with van der Waals surface area (Å²) < 4.78 is 4.95. The van der Waals surface area contributed by atoms with E-state index in [9.17, 15) is 4.79 Å². The Labute approximate surface area is 76.5 Å². The second kappa shape index (κ2) is 4.64. The van der Waals surface area contributed by atoms with Gasteiger partial charge in [0.2, 0.25) is 0 Å². The first-order chi connectivity index (χ1) is 6.24. The van der Waals surface area contributed by atoms with Gasteiger partial charge in [-0.25, -0.2) is 0 Å². The molecule has 0 aliphatic carbocycles. The van der Waals surface area contributed by atoms with Crippen molar-refractivity contribution < 1.29 is 14.4 Å². The van der Waals surface area contributed by atoms with E-state index in [1.54, 1.807) is 6.20 Å². The van der Waals surface area contributed by atoms with Gasteiger partial charge in [0.15, 0.2) is 0 Å². The lowest BCUT2D eigenvalue weighted by Gasteiger charge is -1.96. The molecule has 0 atom stereocenters. The van der Waals surface area contributed by atoms with Gasteiger partial charge in [-0.05, 0) is 6.42 Å². The van der Waals surface area contributed by atoms with Crippen LogP contribution < -0.4 is 0 Å². The van der Waals surface area contributed by atoms with Crippen LogP contribution in [0.1, 0.15) is 31.1 Å². The van der Waals surface area contributed by atoms with Crippen molar-refractivity contribution in [3.05, 3.63) is 17.5 Å². The molecule has 0 radical (unpaired) electrons. The summed E-state index contributed by atoms with van der Waals surface area (Å²) in [6.07, 6.45) is 4.12. The van der Waals surface area contributed by atoms with Gasteiger partial charge in [-0.1, -0.05) is 18.5 Å². The molecule has 4 nitrogen and oxygen atoms in total. The van der Waals surface area contributed by atoms with Crippen molar-refractivity contribution in [3.8, 4) is 0 Å². The van der Waals surface area contributed by atoms with E-state index >= 15 is 0 Å². The Morgan fingerprint density at radius 2 is 2.38 bits per heavy atom. The lowest BCUT2D eigenvalue weighted by Crippen LogP contribution is -1.98. The van der Waals surface area contributed by atoms with Crippen molar-refractivity contribution >= 4 is 5.97 Å². The lowest BCUT2D eigenvalue weighted by molar-refractivity contribution is -0.137. The summed E-state index contributed by atoms with van der Waals surface area (Å²) >= 11 is 0. The predicted molar refractivity (Wildman–Crippen MR) is 46.5 cm³/mol. The first kappa shape index (κ1) is 9.77. The highest BCUT2D eigenvalue weighted by Gasteiger charge is 2.08. The molecule has 1 aromatic rings. The van der Waals surface area contributed by atoms with E-state index in [1.165, 1.54) is 0 Å². The van der Waals surface area contributed by atoms with Gasteiger partial charge in [0.05, 0.1) is 12.6 Å². The minimum atomic E-state index is -0.807. The molecule has 4 heteroatoms. The summed E-state index contributed by atoms with van der Waals surface area (Å²) in [5.41, 5.74) is 1.03. The van der Waals surface area contributed by atoms with Crippen molar-refractivity contribution in [2.24, 2.45) is 0 Å².